The smallest absolute Gasteiger partial charge is 0.190 e. The minimum absolute atomic E-state index is 0.588. The van der Waals surface area contributed by atoms with Crippen LogP contribution >= 0.6 is 15.9 Å². The molecule has 7 heteroatoms. The Labute approximate surface area is 129 Å². The molecule has 0 saturated carbocycles. The first-order valence-corrected chi connectivity index (χ1v) is 6.96. The number of ether oxygens (including phenoxy) is 1. The van der Waals surface area contributed by atoms with Gasteiger partial charge < -0.3 is 10.5 Å². The third-order valence-electron chi connectivity index (χ3n) is 2.99. The maximum absolute atomic E-state index is 5.78. The van der Waals surface area contributed by atoms with E-state index in [1.165, 1.54) is 0 Å². The van der Waals surface area contributed by atoms with Crippen molar-refractivity contribution >= 4 is 21.6 Å². The zero-order valence-electron chi connectivity index (χ0n) is 11.2. The van der Waals surface area contributed by atoms with Crippen LogP contribution in [0.5, 0.6) is 5.75 Å². The van der Waals surface area contributed by atoms with Crippen LogP contribution in [0.25, 0.3) is 17.1 Å². The number of methoxy groups -OCH3 is 1. The molecule has 3 aromatic rings. The Kier molecular flexibility index (Phi) is 3.57. The van der Waals surface area contributed by atoms with Crippen molar-refractivity contribution in [3.05, 3.63) is 46.9 Å². The summed E-state index contributed by atoms with van der Waals surface area (Å²) in [6.07, 6.45) is 0. The van der Waals surface area contributed by atoms with Crippen molar-refractivity contribution in [2.75, 3.05) is 12.8 Å². The molecule has 0 spiro atoms. The second-order valence-corrected chi connectivity index (χ2v) is 5.27. The summed E-state index contributed by atoms with van der Waals surface area (Å²) in [4.78, 5) is 0. The van der Waals surface area contributed by atoms with Gasteiger partial charge in [-0.1, -0.05) is 22.0 Å². The standard InChI is InChI=1S/C14H12BrN5O/c1-21-13-8-10(16)5-6-12(13)14-17-18-19-20(14)11-4-2-3-9(15)7-11/h2-8H,16H2,1H3. The molecular weight excluding hydrogens is 334 g/mol. The molecule has 0 aliphatic rings. The van der Waals surface area contributed by atoms with E-state index in [0.29, 0.717) is 17.3 Å². The molecule has 0 unspecified atom stereocenters. The van der Waals surface area contributed by atoms with Crippen LogP contribution in [0.2, 0.25) is 0 Å². The van der Waals surface area contributed by atoms with Gasteiger partial charge >= 0.3 is 0 Å². The van der Waals surface area contributed by atoms with Crippen LogP contribution in [0.1, 0.15) is 0 Å². The highest BCUT2D eigenvalue weighted by Gasteiger charge is 2.15. The topological polar surface area (TPSA) is 78.8 Å². The van der Waals surface area contributed by atoms with Gasteiger partial charge in [0, 0.05) is 16.2 Å². The highest BCUT2D eigenvalue weighted by molar-refractivity contribution is 9.10. The third kappa shape index (κ3) is 2.59. The number of hydrogen-bond acceptors (Lipinski definition) is 5. The number of benzene rings is 2. The van der Waals surface area contributed by atoms with Crippen LogP contribution in [0.15, 0.2) is 46.9 Å². The third-order valence-corrected chi connectivity index (χ3v) is 3.48. The Hall–Kier alpha value is -2.41. The lowest BCUT2D eigenvalue weighted by molar-refractivity contribution is 0.416. The molecule has 21 heavy (non-hydrogen) atoms. The van der Waals surface area contributed by atoms with E-state index in [1.54, 1.807) is 23.9 Å². The number of rotatable bonds is 3. The minimum atomic E-state index is 0.588. The molecule has 0 amide bonds. The van der Waals surface area contributed by atoms with Crippen molar-refractivity contribution in [2.45, 2.75) is 0 Å². The van der Waals surface area contributed by atoms with Crippen LogP contribution < -0.4 is 10.5 Å². The summed E-state index contributed by atoms with van der Waals surface area (Å²) in [5.41, 5.74) is 8.03. The predicted molar refractivity (Wildman–Crippen MR) is 83.3 cm³/mol. The SMILES string of the molecule is COc1cc(N)ccc1-c1nnnn1-c1cccc(Br)c1. The van der Waals surface area contributed by atoms with Gasteiger partial charge in [-0.15, -0.1) is 5.10 Å². The normalized spacial score (nSPS) is 10.6. The zero-order chi connectivity index (χ0) is 14.8. The largest absolute Gasteiger partial charge is 0.496 e. The van der Waals surface area contributed by atoms with Gasteiger partial charge in [-0.2, -0.15) is 4.68 Å². The fourth-order valence-electron chi connectivity index (χ4n) is 2.03. The van der Waals surface area contributed by atoms with Gasteiger partial charge in [0.05, 0.1) is 18.4 Å². The van der Waals surface area contributed by atoms with Crippen molar-refractivity contribution in [2.24, 2.45) is 0 Å². The van der Waals surface area contributed by atoms with Gasteiger partial charge in [-0.25, -0.2) is 0 Å². The van der Waals surface area contributed by atoms with Gasteiger partial charge in [0.15, 0.2) is 5.82 Å². The first-order valence-electron chi connectivity index (χ1n) is 6.17. The summed E-state index contributed by atoms with van der Waals surface area (Å²) in [6, 6.07) is 13.1. The van der Waals surface area contributed by atoms with Crippen LogP contribution in [-0.4, -0.2) is 27.3 Å². The van der Waals surface area contributed by atoms with E-state index in [-0.39, 0.29) is 0 Å². The molecule has 0 atom stereocenters. The van der Waals surface area contributed by atoms with E-state index in [9.17, 15) is 0 Å². The average Bonchev–Trinajstić information content (AvgIpc) is 2.96. The van der Waals surface area contributed by atoms with E-state index in [1.807, 2.05) is 30.3 Å². The fourth-order valence-corrected chi connectivity index (χ4v) is 2.42. The molecule has 0 saturated heterocycles. The summed E-state index contributed by atoms with van der Waals surface area (Å²) in [5.74, 6) is 1.21. The van der Waals surface area contributed by atoms with Crippen molar-refractivity contribution in [3.8, 4) is 22.8 Å². The van der Waals surface area contributed by atoms with E-state index >= 15 is 0 Å². The van der Waals surface area contributed by atoms with E-state index in [2.05, 4.69) is 31.5 Å². The highest BCUT2D eigenvalue weighted by Crippen LogP contribution is 2.31. The Morgan fingerprint density at radius 1 is 1.19 bits per heavy atom. The van der Waals surface area contributed by atoms with Crippen LogP contribution in [0, 0.1) is 0 Å². The monoisotopic (exact) mass is 345 g/mol. The van der Waals surface area contributed by atoms with Crippen LogP contribution in [-0.2, 0) is 0 Å². The zero-order valence-corrected chi connectivity index (χ0v) is 12.8. The van der Waals surface area contributed by atoms with Crippen molar-refractivity contribution in [3.63, 3.8) is 0 Å². The van der Waals surface area contributed by atoms with Gasteiger partial charge in [0.2, 0.25) is 0 Å². The number of aromatic nitrogens is 4. The van der Waals surface area contributed by atoms with Crippen LogP contribution in [0.3, 0.4) is 0 Å². The van der Waals surface area contributed by atoms with Gasteiger partial charge in [-0.3, -0.25) is 0 Å². The highest BCUT2D eigenvalue weighted by atomic mass is 79.9. The quantitative estimate of drug-likeness (QED) is 0.738. The lowest BCUT2D eigenvalue weighted by atomic mass is 10.1. The minimum Gasteiger partial charge on any atom is -0.496 e. The van der Waals surface area contributed by atoms with Gasteiger partial charge in [0.1, 0.15) is 5.75 Å². The number of nitrogens with zero attached hydrogens (tertiary/aromatic N) is 4. The summed E-state index contributed by atoms with van der Waals surface area (Å²) >= 11 is 3.44. The number of nitrogen functional groups attached to an aromatic ring is 1. The molecule has 0 aliphatic heterocycles. The van der Waals surface area contributed by atoms with Crippen molar-refractivity contribution in [1.82, 2.24) is 20.2 Å². The Morgan fingerprint density at radius 2 is 2.05 bits per heavy atom. The molecule has 3 rings (SSSR count). The molecule has 6 nitrogen and oxygen atoms in total. The maximum Gasteiger partial charge on any atom is 0.190 e. The second kappa shape index (κ2) is 5.53. The maximum atomic E-state index is 5.78. The lowest BCUT2D eigenvalue weighted by Gasteiger charge is -2.09. The van der Waals surface area contributed by atoms with E-state index in [4.69, 9.17) is 10.5 Å². The number of nitrogens with two attached hydrogens (primary N) is 1. The van der Waals surface area contributed by atoms with Crippen LogP contribution in [0.4, 0.5) is 5.69 Å². The van der Waals surface area contributed by atoms with Crippen molar-refractivity contribution < 1.29 is 4.74 Å². The molecule has 2 N–H and O–H groups in total. The Morgan fingerprint density at radius 3 is 2.81 bits per heavy atom. The number of hydrogen-bond donors (Lipinski definition) is 1. The summed E-state index contributed by atoms with van der Waals surface area (Å²) < 4.78 is 7.97. The molecule has 1 heterocycles. The molecule has 106 valence electrons. The summed E-state index contributed by atoms with van der Waals surface area (Å²) in [5, 5.41) is 11.9. The second-order valence-electron chi connectivity index (χ2n) is 4.35. The summed E-state index contributed by atoms with van der Waals surface area (Å²) in [6.45, 7) is 0. The predicted octanol–water partition coefficient (Wildman–Crippen LogP) is 2.68. The molecule has 0 fully saturated rings. The van der Waals surface area contributed by atoms with E-state index in [0.717, 1.165) is 15.7 Å². The summed E-state index contributed by atoms with van der Waals surface area (Å²) in [7, 11) is 1.59. The van der Waals surface area contributed by atoms with Gasteiger partial charge in [0.25, 0.3) is 0 Å². The molecule has 0 bridgehead atoms. The number of anilines is 1. The van der Waals surface area contributed by atoms with Crippen molar-refractivity contribution in [1.29, 1.82) is 0 Å². The lowest BCUT2D eigenvalue weighted by Crippen LogP contribution is -2.01. The molecule has 1 aromatic heterocycles. The molecule has 2 aromatic carbocycles. The first-order chi connectivity index (χ1) is 10.2. The fraction of sp³-hybridized carbons (Fsp3) is 0.0714. The molecule has 0 radical (unpaired) electrons. The Balaban J connectivity index is 2.16. The number of tetrazole rings is 1. The average molecular weight is 346 g/mol. The van der Waals surface area contributed by atoms with E-state index < -0.39 is 0 Å². The molecular formula is C14H12BrN5O. The first kappa shape index (κ1) is 13.6. The van der Waals surface area contributed by atoms with Gasteiger partial charge in [-0.05, 0) is 40.8 Å². The number of halogens is 1. The molecule has 0 aliphatic carbocycles. The Bertz CT molecular complexity index is 787.